The zero-order valence-electron chi connectivity index (χ0n) is 16.0. The van der Waals surface area contributed by atoms with Gasteiger partial charge in [0.05, 0.1) is 19.1 Å². The minimum atomic E-state index is -0.385. The highest BCUT2D eigenvalue weighted by Crippen LogP contribution is 2.28. The highest BCUT2D eigenvalue weighted by Gasteiger charge is 2.35. The zero-order chi connectivity index (χ0) is 20.1. The fourth-order valence-corrected chi connectivity index (χ4v) is 5.18. The molecule has 1 atom stereocenters. The summed E-state index contributed by atoms with van der Waals surface area (Å²) in [5.41, 5.74) is 0.822. The van der Waals surface area contributed by atoms with E-state index >= 15 is 0 Å². The molecule has 29 heavy (non-hydrogen) atoms. The van der Waals surface area contributed by atoms with E-state index in [1.165, 1.54) is 11.3 Å². The van der Waals surface area contributed by atoms with Gasteiger partial charge < -0.3 is 15.0 Å². The minimum absolute atomic E-state index is 0.0343. The van der Waals surface area contributed by atoms with Crippen LogP contribution in [0.3, 0.4) is 0 Å². The number of para-hydroxylation sites is 1. The van der Waals surface area contributed by atoms with Gasteiger partial charge >= 0.3 is 0 Å². The molecule has 8 nitrogen and oxygen atoms in total. The van der Waals surface area contributed by atoms with Gasteiger partial charge in [0.2, 0.25) is 16.9 Å². The number of anilines is 2. The number of amides is 2. The van der Waals surface area contributed by atoms with Gasteiger partial charge in [-0.1, -0.05) is 41.3 Å². The molecule has 2 amide bonds. The number of hydrogen-bond donors (Lipinski definition) is 1. The predicted molar refractivity (Wildman–Crippen MR) is 113 cm³/mol. The number of rotatable bonds is 7. The lowest BCUT2D eigenvalue weighted by Gasteiger charge is -2.25. The molecule has 154 valence electrons. The first-order valence-electron chi connectivity index (χ1n) is 9.62. The fraction of sp³-hybridized carbons (Fsp3) is 0.474. The molecule has 1 aromatic carbocycles. The summed E-state index contributed by atoms with van der Waals surface area (Å²) in [4.78, 5) is 28.9. The molecule has 3 heterocycles. The Hall–Kier alpha value is -2.01. The molecule has 1 N–H and O–H groups in total. The lowest BCUT2D eigenvalue weighted by molar-refractivity contribution is -0.122. The number of morpholine rings is 1. The number of ether oxygens (including phenoxy) is 1. The third-order valence-corrected chi connectivity index (χ3v) is 6.89. The number of carbonyl (C=O) groups excluding carboxylic acids is 2. The minimum Gasteiger partial charge on any atom is -0.379 e. The molecule has 0 radical (unpaired) electrons. The molecule has 4 rings (SSSR count). The molecular weight excluding hydrogens is 410 g/mol. The van der Waals surface area contributed by atoms with E-state index in [0.717, 1.165) is 48.6 Å². The van der Waals surface area contributed by atoms with Crippen LogP contribution in [0.25, 0.3) is 0 Å². The highest BCUT2D eigenvalue weighted by atomic mass is 32.2. The van der Waals surface area contributed by atoms with Crippen LogP contribution in [-0.2, 0) is 14.3 Å². The van der Waals surface area contributed by atoms with Crippen molar-refractivity contribution in [2.45, 2.75) is 10.8 Å². The highest BCUT2D eigenvalue weighted by molar-refractivity contribution is 8.01. The number of carbonyl (C=O) groups is 2. The van der Waals surface area contributed by atoms with Gasteiger partial charge in [0.15, 0.2) is 4.34 Å². The summed E-state index contributed by atoms with van der Waals surface area (Å²) >= 11 is 3.01. The van der Waals surface area contributed by atoms with Gasteiger partial charge in [-0.3, -0.25) is 14.5 Å². The summed E-state index contributed by atoms with van der Waals surface area (Å²) in [7, 11) is 0. The van der Waals surface area contributed by atoms with Crippen molar-refractivity contribution in [1.29, 1.82) is 0 Å². The van der Waals surface area contributed by atoms with E-state index in [9.17, 15) is 9.59 Å². The molecule has 2 aliphatic heterocycles. The Morgan fingerprint density at radius 1 is 1.24 bits per heavy atom. The Bertz CT molecular complexity index is 841. The first kappa shape index (κ1) is 20.3. The number of aromatic nitrogens is 2. The predicted octanol–water partition coefficient (Wildman–Crippen LogP) is 1.95. The van der Waals surface area contributed by atoms with Crippen molar-refractivity contribution in [1.82, 2.24) is 15.1 Å². The van der Waals surface area contributed by atoms with Crippen LogP contribution < -0.4 is 10.2 Å². The van der Waals surface area contributed by atoms with Crippen molar-refractivity contribution in [3.05, 3.63) is 30.3 Å². The molecular formula is C19H23N5O3S2. The van der Waals surface area contributed by atoms with E-state index in [0.29, 0.717) is 11.7 Å². The normalized spacial score (nSPS) is 20.2. The van der Waals surface area contributed by atoms with Crippen LogP contribution in [0.1, 0.15) is 6.42 Å². The molecule has 2 aromatic rings. The number of nitrogens with one attached hydrogen (secondary N) is 1. The van der Waals surface area contributed by atoms with Gasteiger partial charge in [-0.15, -0.1) is 10.2 Å². The van der Waals surface area contributed by atoms with Gasteiger partial charge in [0.1, 0.15) is 0 Å². The van der Waals surface area contributed by atoms with Crippen molar-refractivity contribution in [3.8, 4) is 0 Å². The second kappa shape index (κ2) is 9.66. The monoisotopic (exact) mass is 433 g/mol. The van der Waals surface area contributed by atoms with Crippen molar-refractivity contribution in [3.63, 3.8) is 0 Å². The molecule has 0 unspecified atom stereocenters. The van der Waals surface area contributed by atoms with Crippen LogP contribution in [0.15, 0.2) is 34.7 Å². The molecule has 2 fully saturated rings. The van der Waals surface area contributed by atoms with Crippen LogP contribution in [0.4, 0.5) is 10.8 Å². The Morgan fingerprint density at radius 2 is 2.03 bits per heavy atom. The molecule has 2 aliphatic rings. The maximum Gasteiger partial charge on any atom is 0.231 e. The van der Waals surface area contributed by atoms with E-state index in [2.05, 4.69) is 20.4 Å². The van der Waals surface area contributed by atoms with Gasteiger partial charge in [0, 0.05) is 44.0 Å². The second-order valence-corrected chi connectivity index (χ2v) is 9.23. The third-order valence-electron chi connectivity index (χ3n) is 4.94. The summed E-state index contributed by atoms with van der Waals surface area (Å²) in [6, 6.07) is 9.43. The van der Waals surface area contributed by atoms with Crippen LogP contribution in [0.5, 0.6) is 0 Å². The number of thioether (sulfide) groups is 1. The quantitative estimate of drug-likeness (QED) is 0.527. The zero-order valence-corrected chi connectivity index (χ0v) is 17.6. The average Bonchev–Trinajstić information content (AvgIpc) is 3.36. The first-order valence-corrected chi connectivity index (χ1v) is 11.4. The fourth-order valence-electron chi connectivity index (χ4n) is 3.35. The Labute approximate surface area is 177 Å². The molecule has 0 spiro atoms. The van der Waals surface area contributed by atoms with Gasteiger partial charge in [-0.2, -0.15) is 0 Å². The summed E-state index contributed by atoms with van der Waals surface area (Å²) in [5.74, 6) is 0.320. The maximum absolute atomic E-state index is 12.6. The van der Waals surface area contributed by atoms with Gasteiger partial charge in [0.25, 0.3) is 0 Å². The summed E-state index contributed by atoms with van der Waals surface area (Å²) in [6.07, 6.45) is 0.209. The largest absolute Gasteiger partial charge is 0.379 e. The first-order chi connectivity index (χ1) is 14.2. The summed E-state index contributed by atoms with van der Waals surface area (Å²) < 4.78 is 6.19. The van der Waals surface area contributed by atoms with Gasteiger partial charge in [-0.25, -0.2) is 0 Å². The maximum atomic E-state index is 12.6. The van der Waals surface area contributed by atoms with E-state index in [1.807, 2.05) is 30.3 Å². The standard InChI is InChI=1S/C19H23N5O3S2/c25-16-12-14(13-24(16)15-4-2-1-3-5-15)17(26)20-18-21-22-19(29-18)28-11-8-23-6-9-27-10-7-23/h1-5,14H,6-13H2,(H,20,21,26)/t14-/m1/s1. The van der Waals surface area contributed by atoms with Crippen molar-refractivity contribution in [2.75, 3.05) is 55.4 Å². The van der Waals surface area contributed by atoms with E-state index in [1.54, 1.807) is 16.7 Å². The second-order valence-electron chi connectivity index (χ2n) is 6.91. The SMILES string of the molecule is O=C(Nc1nnc(SCCN2CCOCC2)s1)[C@@H]1CC(=O)N(c2ccccc2)C1. The van der Waals surface area contributed by atoms with Crippen LogP contribution in [-0.4, -0.2) is 72.1 Å². The average molecular weight is 434 g/mol. The summed E-state index contributed by atoms with van der Waals surface area (Å²) in [6.45, 7) is 4.90. The lowest BCUT2D eigenvalue weighted by Crippen LogP contribution is -2.37. The van der Waals surface area contributed by atoms with E-state index < -0.39 is 0 Å². The van der Waals surface area contributed by atoms with E-state index in [-0.39, 0.29) is 24.2 Å². The number of hydrogen-bond acceptors (Lipinski definition) is 8. The molecule has 10 heteroatoms. The molecule has 1 aromatic heterocycles. The van der Waals surface area contributed by atoms with Crippen molar-refractivity contribution < 1.29 is 14.3 Å². The molecule has 0 saturated carbocycles. The molecule has 0 aliphatic carbocycles. The smallest absolute Gasteiger partial charge is 0.231 e. The number of benzene rings is 1. The lowest BCUT2D eigenvalue weighted by atomic mass is 10.1. The Balaban J connectivity index is 1.25. The summed E-state index contributed by atoms with van der Waals surface area (Å²) in [5, 5.41) is 11.5. The van der Waals surface area contributed by atoms with Crippen LogP contribution in [0, 0.1) is 5.92 Å². The third kappa shape index (κ3) is 5.33. The topological polar surface area (TPSA) is 87.7 Å². The Kier molecular flexibility index (Phi) is 6.75. The van der Waals surface area contributed by atoms with E-state index in [4.69, 9.17) is 4.74 Å². The Morgan fingerprint density at radius 3 is 2.83 bits per heavy atom. The molecule has 0 bridgehead atoms. The van der Waals surface area contributed by atoms with Crippen LogP contribution >= 0.6 is 23.1 Å². The van der Waals surface area contributed by atoms with Crippen molar-refractivity contribution >= 4 is 45.7 Å². The molecule has 2 saturated heterocycles. The van der Waals surface area contributed by atoms with Gasteiger partial charge in [-0.05, 0) is 12.1 Å². The van der Waals surface area contributed by atoms with Crippen molar-refractivity contribution in [2.24, 2.45) is 5.92 Å². The number of nitrogens with zero attached hydrogens (tertiary/aromatic N) is 4. The van der Waals surface area contributed by atoms with Crippen LogP contribution in [0.2, 0.25) is 0 Å².